The molecule has 0 fully saturated rings. The zero-order chi connectivity index (χ0) is 13.0. The Hall–Kier alpha value is -1.68. The number of nitrogens with zero attached hydrogens (tertiary/aromatic N) is 2. The zero-order valence-electron chi connectivity index (χ0n) is 10.4. The van der Waals surface area contributed by atoms with Crippen molar-refractivity contribution >= 4 is 11.6 Å². The summed E-state index contributed by atoms with van der Waals surface area (Å²) in [6, 6.07) is 5.60. The highest BCUT2D eigenvalue weighted by Gasteiger charge is 2.06. The number of hydrogen-bond donors (Lipinski definition) is 0. The standard InChI is InChI=1S/C13H15ClN2O2/c1-16-8-10(7-15-16)9-18-13-4-3-12(17-2)5-11(13)6-14/h3-5,7-8H,6,9H2,1-2H3. The van der Waals surface area contributed by atoms with Crippen LogP contribution in [0.2, 0.25) is 0 Å². The molecule has 2 aromatic rings. The van der Waals surface area contributed by atoms with Gasteiger partial charge in [0.15, 0.2) is 0 Å². The Morgan fingerprint density at radius 1 is 1.39 bits per heavy atom. The van der Waals surface area contributed by atoms with Crippen LogP contribution in [0.25, 0.3) is 0 Å². The maximum Gasteiger partial charge on any atom is 0.124 e. The fourth-order valence-corrected chi connectivity index (χ4v) is 1.84. The highest BCUT2D eigenvalue weighted by atomic mass is 35.5. The number of ether oxygens (including phenoxy) is 2. The lowest BCUT2D eigenvalue weighted by Crippen LogP contribution is -1.97. The van der Waals surface area contributed by atoms with Crippen molar-refractivity contribution in [1.82, 2.24) is 9.78 Å². The van der Waals surface area contributed by atoms with Crippen LogP contribution in [0.5, 0.6) is 11.5 Å². The number of rotatable bonds is 5. The monoisotopic (exact) mass is 266 g/mol. The molecular formula is C13H15ClN2O2. The Morgan fingerprint density at radius 2 is 2.22 bits per heavy atom. The second kappa shape index (κ2) is 5.78. The summed E-state index contributed by atoms with van der Waals surface area (Å²) in [6.45, 7) is 0.476. The van der Waals surface area contributed by atoms with Crippen LogP contribution in [0.1, 0.15) is 11.1 Å². The summed E-state index contributed by atoms with van der Waals surface area (Å²) in [5, 5.41) is 4.09. The molecular weight excluding hydrogens is 252 g/mol. The smallest absolute Gasteiger partial charge is 0.124 e. The van der Waals surface area contributed by atoms with Crippen LogP contribution >= 0.6 is 11.6 Å². The van der Waals surface area contributed by atoms with Gasteiger partial charge in [-0.1, -0.05) is 0 Å². The first-order valence-electron chi connectivity index (χ1n) is 5.56. The van der Waals surface area contributed by atoms with Crippen molar-refractivity contribution in [2.45, 2.75) is 12.5 Å². The molecule has 96 valence electrons. The summed E-state index contributed by atoms with van der Waals surface area (Å²) >= 11 is 5.89. The SMILES string of the molecule is COc1ccc(OCc2cnn(C)c2)c(CCl)c1. The molecule has 2 rings (SSSR count). The van der Waals surface area contributed by atoms with E-state index in [1.807, 2.05) is 31.4 Å². The van der Waals surface area contributed by atoms with E-state index in [0.29, 0.717) is 12.5 Å². The van der Waals surface area contributed by atoms with Crippen LogP contribution in [-0.2, 0) is 19.5 Å². The first-order valence-corrected chi connectivity index (χ1v) is 6.09. The molecule has 0 amide bonds. The summed E-state index contributed by atoms with van der Waals surface area (Å²) in [7, 11) is 3.50. The van der Waals surface area contributed by atoms with E-state index < -0.39 is 0 Å². The Balaban J connectivity index is 2.08. The van der Waals surface area contributed by atoms with Crippen LogP contribution in [0.15, 0.2) is 30.6 Å². The summed E-state index contributed by atoms with van der Waals surface area (Å²) in [4.78, 5) is 0. The lowest BCUT2D eigenvalue weighted by atomic mass is 10.2. The van der Waals surface area contributed by atoms with Gasteiger partial charge in [-0.3, -0.25) is 4.68 Å². The fraction of sp³-hybridized carbons (Fsp3) is 0.308. The lowest BCUT2D eigenvalue weighted by molar-refractivity contribution is 0.303. The highest BCUT2D eigenvalue weighted by molar-refractivity contribution is 6.17. The van der Waals surface area contributed by atoms with Gasteiger partial charge in [-0.15, -0.1) is 11.6 Å². The van der Waals surface area contributed by atoms with Gasteiger partial charge in [0, 0.05) is 24.4 Å². The van der Waals surface area contributed by atoms with Crippen molar-refractivity contribution < 1.29 is 9.47 Å². The molecule has 0 aliphatic heterocycles. The minimum Gasteiger partial charge on any atom is -0.497 e. The van der Waals surface area contributed by atoms with E-state index in [9.17, 15) is 0 Å². The third-order valence-electron chi connectivity index (χ3n) is 2.56. The van der Waals surface area contributed by atoms with Gasteiger partial charge in [0.1, 0.15) is 18.1 Å². The normalized spacial score (nSPS) is 10.4. The van der Waals surface area contributed by atoms with Crippen molar-refractivity contribution in [3.05, 3.63) is 41.7 Å². The molecule has 0 unspecified atom stereocenters. The van der Waals surface area contributed by atoms with Crippen molar-refractivity contribution in [3.63, 3.8) is 0 Å². The number of hydrogen-bond acceptors (Lipinski definition) is 3. The van der Waals surface area contributed by atoms with Crippen LogP contribution in [0.4, 0.5) is 0 Å². The van der Waals surface area contributed by atoms with Crippen LogP contribution in [0.3, 0.4) is 0 Å². The Kier molecular flexibility index (Phi) is 4.10. The molecule has 0 saturated carbocycles. The van der Waals surface area contributed by atoms with Crippen molar-refractivity contribution in [3.8, 4) is 11.5 Å². The quantitative estimate of drug-likeness (QED) is 0.781. The highest BCUT2D eigenvalue weighted by Crippen LogP contribution is 2.26. The second-order valence-corrected chi connectivity index (χ2v) is 4.19. The minimum absolute atomic E-state index is 0.388. The van der Waals surface area contributed by atoms with E-state index in [-0.39, 0.29) is 0 Å². The number of methoxy groups -OCH3 is 1. The zero-order valence-corrected chi connectivity index (χ0v) is 11.1. The minimum atomic E-state index is 0.388. The van der Waals surface area contributed by atoms with E-state index in [1.54, 1.807) is 18.0 Å². The third-order valence-corrected chi connectivity index (χ3v) is 2.85. The van der Waals surface area contributed by atoms with Gasteiger partial charge in [0.25, 0.3) is 0 Å². The Labute approximate surface area is 111 Å². The average molecular weight is 267 g/mol. The van der Waals surface area contributed by atoms with E-state index in [2.05, 4.69) is 5.10 Å². The topological polar surface area (TPSA) is 36.3 Å². The molecule has 4 nitrogen and oxygen atoms in total. The number of halogens is 1. The summed E-state index contributed by atoms with van der Waals surface area (Å²) in [5.74, 6) is 1.94. The van der Waals surface area contributed by atoms with E-state index in [1.165, 1.54) is 0 Å². The predicted octanol–water partition coefficient (Wildman–Crippen LogP) is 2.75. The maximum atomic E-state index is 5.89. The van der Waals surface area contributed by atoms with Gasteiger partial charge in [0.2, 0.25) is 0 Å². The molecule has 0 N–H and O–H groups in total. The molecule has 0 saturated heterocycles. The van der Waals surface area contributed by atoms with Gasteiger partial charge in [0.05, 0.1) is 19.2 Å². The molecule has 0 radical (unpaired) electrons. The predicted molar refractivity (Wildman–Crippen MR) is 70.1 cm³/mol. The Bertz CT molecular complexity index is 525. The first-order chi connectivity index (χ1) is 8.72. The summed E-state index contributed by atoms with van der Waals surface area (Å²) in [5.41, 5.74) is 1.94. The molecule has 0 aliphatic rings. The van der Waals surface area contributed by atoms with E-state index in [0.717, 1.165) is 22.6 Å². The van der Waals surface area contributed by atoms with Crippen molar-refractivity contribution in [1.29, 1.82) is 0 Å². The molecule has 1 aromatic carbocycles. The van der Waals surface area contributed by atoms with E-state index >= 15 is 0 Å². The third kappa shape index (κ3) is 2.96. The van der Waals surface area contributed by atoms with Crippen LogP contribution in [0, 0.1) is 0 Å². The van der Waals surface area contributed by atoms with Gasteiger partial charge in [-0.05, 0) is 18.2 Å². The molecule has 5 heteroatoms. The molecule has 18 heavy (non-hydrogen) atoms. The molecule has 0 spiro atoms. The lowest BCUT2D eigenvalue weighted by Gasteiger charge is -2.10. The number of alkyl halides is 1. The maximum absolute atomic E-state index is 5.89. The fourth-order valence-electron chi connectivity index (χ4n) is 1.64. The Morgan fingerprint density at radius 3 is 2.83 bits per heavy atom. The molecule has 1 heterocycles. The number of aryl methyl sites for hydroxylation is 1. The van der Waals surface area contributed by atoms with Crippen molar-refractivity contribution in [2.75, 3.05) is 7.11 Å². The molecule has 0 atom stereocenters. The number of benzene rings is 1. The van der Waals surface area contributed by atoms with Crippen molar-refractivity contribution in [2.24, 2.45) is 7.05 Å². The molecule has 0 bridgehead atoms. The molecule has 0 aliphatic carbocycles. The van der Waals surface area contributed by atoms with E-state index in [4.69, 9.17) is 21.1 Å². The first kappa shape index (κ1) is 12.8. The van der Waals surface area contributed by atoms with Gasteiger partial charge in [-0.25, -0.2) is 0 Å². The molecule has 1 aromatic heterocycles. The van der Waals surface area contributed by atoms with Gasteiger partial charge >= 0.3 is 0 Å². The summed E-state index contributed by atoms with van der Waals surface area (Å²) < 4.78 is 12.6. The summed E-state index contributed by atoms with van der Waals surface area (Å²) in [6.07, 6.45) is 3.70. The van der Waals surface area contributed by atoms with Crippen LogP contribution < -0.4 is 9.47 Å². The van der Waals surface area contributed by atoms with Crippen LogP contribution in [-0.4, -0.2) is 16.9 Å². The van der Waals surface area contributed by atoms with Gasteiger partial charge < -0.3 is 9.47 Å². The second-order valence-electron chi connectivity index (χ2n) is 3.92. The number of aromatic nitrogens is 2. The average Bonchev–Trinajstić information content (AvgIpc) is 2.82. The largest absolute Gasteiger partial charge is 0.497 e. The van der Waals surface area contributed by atoms with Gasteiger partial charge in [-0.2, -0.15) is 5.10 Å².